The summed E-state index contributed by atoms with van der Waals surface area (Å²) in [7, 11) is 0. The molecule has 1 aliphatic carbocycles. The van der Waals surface area contributed by atoms with Gasteiger partial charge in [-0.05, 0) is 37.0 Å². The Bertz CT molecular complexity index is 671. The number of nitrogens with one attached hydrogen (secondary N) is 2. The summed E-state index contributed by atoms with van der Waals surface area (Å²) in [6, 6.07) is 7.54. The molecule has 1 aliphatic rings. The van der Waals surface area contributed by atoms with Crippen LogP contribution in [-0.2, 0) is 17.6 Å². The number of aromatic nitrogens is 2. The fourth-order valence-electron chi connectivity index (χ4n) is 2.81. The Morgan fingerprint density at radius 3 is 3.17 bits per heavy atom. The molecule has 0 radical (unpaired) electrons. The molecule has 0 aliphatic heterocycles. The number of benzene rings is 1. The fraction of sp³-hybridized carbons (Fsp3) is 0.412. The quantitative estimate of drug-likeness (QED) is 0.799. The predicted molar refractivity (Wildman–Crippen MR) is 88.7 cm³/mol. The molecule has 1 aromatic carbocycles. The Morgan fingerprint density at radius 1 is 1.43 bits per heavy atom. The largest absolute Gasteiger partial charge is 0.492 e. The number of ether oxygens (including phenoxy) is 1. The smallest absolute Gasteiger partial charge is 0.220 e. The van der Waals surface area contributed by atoms with E-state index in [4.69, 9.17) is 16.3 Å². The van der Waals surface area contributed by atoms with Crippen LogP contribution in [0.3, 0.4) is 0 Å². The number of amides is 1. The molecule has 0 bridgehead atoms. The van der Waals surface area contributed by atoms with Crippen molar-refractivity contribution in [1.29, 1.82) is 0 Å². The third kappa shape index (κ3) is 4.26. The molecule has 0 spiro atoms. The molecule has 6 heteroatoms. The first-order valence-electron chi connectivity index (χ1n) is 7.90. The number of carbonyl (C=O) groups excluding carboxylic acids is 1. The maximum absolute atomic E-state index is 12.0. The monoisotopic (exact) mass is 333 g/mol. The van der Waals surface area contributed by atoms with Gasteiger partial charge in [0.25, 0.3) is 0 Å². The first-order valence-corrected chi connectivity index (χ1v) is 8.28. The van der Waals surface area contributed by atoms with Crippen molar-refractivity contribution in [2.24, 2.45) is 0 Å². The minimum absolute atomic E-state index is 0.0701. The van der Waals surface area contributed by atoms with Crippen LogP contribution in [0.1, 0.15) is 30.5 Å². The zero-order chi connectivity index (χ0) is 16.1. The number of aromatic amines is 1. The maximum Gasteiger partial charge on any atom is 0.220 e. The van der Waals surface area contributed by atoms with Crippen LogP contribution in [0.15, 0.2) is 30.5 Å². The van der Waals surface area contributed by atoms with Gasteiger partial charge in [0.05, 0.1) is 17.8 Å². The molecule has 122 valence electrons. The molecule has 3 rings (SSSR count). The molecule has 1 unspecified atom stereocenters. The van der Waals surface area contributed by atoms with Crippen LogP contribution >= 0.6 is 11.6 Å². The summed E-state index contributed by atoms with van der Waals surface area (Å²) in [5.74, 6) is 0.731. The summed E-state index contributed by atoms with van der Waals surface area (Å²) in [5, 5.41) is 10.7. The minimum Gasteiger partial charge on any atom is -0.492 e. The number of carbonyl (C=O) groups is 1. The maximum atomic E-state index is 12.0. The van der Waals surface area contributed by atoms with Crippen LogP contribution in [0.25, 0.3) is 0 Å². The molecule has 1 atom stereocenters. The van der Waals surface area contributed by atoms with E-state index >= 15 is 0 Å². The topological polar surface area (TPSA) is 67.0 Å². The van der Waals surface area contributed by atoms with E-state index in [-0.39, 0.29) is 11.9 Å². The summed E-state index contributed by atoms with van der Waals surface area (Å²) >= 11 is 6.01. The van der Waals surface area contributed by atoms with E-state index in [2.05, 4.69) is 15.5 Å². The van der Waals surface area contributed by atoms with E-state index in [1.54, 1.807) is 6.07 Å². The molecule has 1 amide bonds. The molecule has 2 N–H and O–H groups in total. The second kappa shape index (κ2) is 7.51. The zero-order valence-corrected chi connectivity index (χ0v) is 13.6. The van der Waals surface area contributed by atoms with Crippen molar-refractivity contribution >= 4 is 17.5 Å². The molecule has 0 saturated heterocycles. The van der Waals surface area contributed by atoms with Crippen molar-refractivity contribution in [3.63, 3.8) is 0 Å². The molecule has 1 heterocycles. The minimum atomic E-state index is 0.0701. The Labute approximate surface area is 140 Å². The third-order valence-corrected chi connectivity index (χ3v) is 4.34. The first kappa shape index (κ1) is 15.9. The molecule has 0 fully saturated rings. The SMILES string of the molecule is O=C(CCCOc1ccccc1Cl)NC1CCc2cn[nH]c2C1. The van der Waals surface area contributed by atoms with Gasteiger partial charge in [-0.15, -0.1) is 0 Å². The van der Waals surface area contributed by atoms with Gasteiger partial charge in [-0.1, -0.05) is 23.7 Å². The van der Waals surface area contributed by atoms with Gasteiger partial charge in [0.15, 0.2) is 0 Å². The summed E-state index contributed by atoms with van der Waals surface area (Å²) in [5.41, 5.74) is 2.41. The van der Waals surface area contributed by atoms with Crippen LogP contribution in [-0.4, -0.2) is 28.8 Å². The first-order chi connectivity index (χ1) is 11.2. The van der Waals surface area contributed by atoms with Crippen molar-refractivity contribution < 1.29 is 9.53 Å². The van der Waals surface area contributed by atoms with Crippen molar-refractivity contribution in [2.45, 2.75) is 38.1 Å². The van der Waals surface area contributed by atoms with Crippen LogP contribution in [0, 0.1) is 0 Å². The van der Waals surface area contributed by atoms with Gasteiger partial charge in [-0.3, -0.25) is 9.89 Å². The highest BCUT2D eigenvalue weighted by Gasteiger charge is 2.21. The number of hydrogen-bond donors (Lipinski definition) is 2. The lowest BCUT2D eigenvalue weighted by Gasteiger charge is -2.22. The van der Waals surface area contributed by atoms with Crippen LogP contribution in [0.5, 0.6) is 5.75 Å². The lowest BCUT2D eigenvalue weighted by molar-refractivity contribution is -0.122. The normalized spacial score (nSPS) is 16.7. The third-order valence-electron chi connectivity index (χ3n) is 4.03. The van der Waals surface area contributed by atoms with Gasteiger partial charge in [0.1, 0.15) is 5.75 Å². The number of H-pyrrole nitrogens is 1. The number of fused-ring (bicyclic) bond motifs is 1. The Balaban J connectivity index is 1.36. The van der Waals surface area contributed by atoms with Gasteiger partial charge in [0.2, 0.25) is 5.91 Å². The second-order valence-electron chi connectivity index (χ2n) is 5.76. The van der Waals surface area contributed by atoms with E-state index in [0.717, 1.165) is 25.0 Å². The van der Waals surface area contributed by atoms with Crippen LogP contribution in [0.4, 0.5) is 0 Å². The molecular formula is C17H20ClN3O2. The van der Waals surface area contributed by atoms with E-state index in [0.29, 0.717) is 30.2 Å². The van der Waals surface area contributed by atoms with E-state index in [9.17, 15) is 4.79 Å². The van der Waals surface area contributed by atoms with Crippen LogP contribution < -0.4 is 10.1 Å². The average Bonchev–Trinajstić information content (AvgIpc) is 3.01. The molecular weight excluding hydrogens is 314 g/mol. The summed E-state index contributed by atoms with van der Waals surface area (Å²) in [4.78, 5) is 12.0. The Morgan fingerprint density at radius 2 is 2.30 bits per heavy atom. The van der Waals surface area contributed by atoms with Gasteiger partial charge >= 0.3 is 0 Å². The summed E-state index contributed by atoms with van der Waals surface area (Å²) < 4.78 is 5.59. The number of halogens is 1. The number of nitrogens with zero attached hydrogens (tertiary/aromatic N) is 1. The molecule has 2 aromatic rings. The van der Waals surface area contributed by atoms with Crippen molar-refractivity contribution in [2.75, 3.05) is 6.61 Å². The van der Waals surface area contributed by atoms with E-state index < -0.39 is 0 Å². The highest BCUT2D eigenvalue weighted by Crippen LogP contribution is 2.23. The highest BCUT2D eigenvalue weighted by atomic mass is 35.5. The molecule has 0 saturated carbocycles. The molecule has 1 aromatic heterocycles. The summed E-state index contributed by atoms with van der Waals surface area (Å²) in [6.45, 7) is 0.479. The lowest BCUT2D eigenvalue weighted by atomic mass is 9.93. The predicted octanol–water partition coefficient (Wildman–Crippen LogP) is 2.90. The molecule has 5 nitrogen and oxygen atoms in total. The number of hydrogen-bond acceptors (Lipinski definition) is 3. The molecule has 23 heavy (non-hydrogen) atoms. The number of para-hydroxylation sites is 1. The zero-order valence-electron chi connectivity index (χ0n) is 12.8. The number of aryl methyl sites for hydroxylation is 1. The van der Waals surface area contributed by atoms with Crippen molar-refractivity contribution in [1.82, 2.24) is 15.5 Å². The van der Waals surface area contributed by atoms with Gasteiger partial charge < -0.3 is 10.1 Å². The van der Waals surface area contributed by atoms with E-state index in [1.807, 2.05) is 24.4 Å². The average molecular weight is 334 g/mol. The second-order valence-corrected chi connectivity index (χ2v) is 6.17. The Hall–Kier alpha value is -2.01. The number of rotatable bonds is 6. The van der Waals surface area contributed by atoms with Crippen molar-refractivity contribution in [3.8, 4) is 5.75 Å². The van der Waals surface area contributed by atoms with E-state index in [1.165, 1.54) is 5.56 Å². The van der Waals surface area contributed by atoms with Crippen molar-refractivity contribution in [3.05, 3.63) is 46.7 Å². The van der Waals surface area contributed by atoms with Gasteiger partial charge in [0, 0.05) is 24.6 Å². The Kier molecular flexibility index (Phi) is 5.18. The van der Waals surface area contributed by atoms with Gasteiger partial charge in [-0.2, -0.15) is 5.10 Å². The standard InChI is InChI=1S/C17H20ClN3O2/c18-14-4-1-2-5-16(14)23-9-3-6-17(22)20-13-8-7-12-11-19-21-15(12)10-13/h1-2,4-5,11,13H,3,6-10H2,(H,19,21)(H,20,22). The van der Waals surface area contributed by atoms with Crippen LogP contribution in [0.2, 0.25) is 5.02 Å². The summed E-state index contributed by atoms with van der Waals surface area (Å²) in [6.07, 6.45) is 5.76. The highest BCUT2D eigenvalue weighted by molar-refractivity contribution is 6.32. The lowest BCUT2D eigenvalue weighted by Crippen LogP contribution is -2.38. The fourth-order valence-corrected chi connectivity index (χ4v) is 3.00. The van der Waals surface area contributed by atoms with Gasteiger partial charge in [-0.25, -0.2) is 0 Å².